The predicted octanol–water partition coefficient (Wildman–Crippen LogP) is -2.81. The number of nitrogens with zero attached hydrogens (tertiary/aromatic N) is 5. The molecule has 1 aliphatic rings. The summed E-state index contributed by atoms with van der Waals surface area (Å²) in [5.74, 6) is -0.565. The average molecular weight is 153 g/mol. The molecule has 0 aromatic heterocycles. The van der Waals surface area contributed by atoms with Crippen molar-refractivity contribution in [3.05, 3.63) is 10.4 Å². The first kappa shape index (κ1) is 9.11. The van der Waals surface area contributed by atoms with Crippen LogP contribution in [0.5, 0.6) is 0 Å². The molecular weight excluding hydrogens is 153 g/mol. The van der Waals surface area contributed by atoms with E-state index >= 15 is 0 Å². The summed E-state index contributed by atoms with van der Waals surface area (Å²) < 4.78 is 0. The maximum absolute atomic E-state index is 9.66. The topological polar surface area (TPSA) is 98.6 Å². The van der Waals surface area contributed by atoms with Gasteiger partial charge < -0.3 is 10.4 Å². The zero-order valence-electron chi connectivity index (χ0n) is 4.55. The molecule has 0 radical (unpaired) electrons. The standard InChI is InChI=1S/CN5O2.K/c7-6(8)1-2-4-5-3-1;/q-1;+1. The predicted molar refractivity (Wildman–Crippen MR) is 21.7 cm³/mol. The van der Waals surface area contributed by atoms with E-state index in [0.717, 1.165) is 0 Å². The van der Waals surface area contributed by atoms with Crippen LogP contribution >= 0.6 is 0 Å². The maximum atomic E-state index is 9.66. The molecule has 42 valence electrons. The van der Waals surface area contributed by atoms with Crippen molar-refractivity contribution in [3.8, 4) is 0 Å². The molecule has 0 fully saturated rings. The van der Waals surface area contributed by atoms with Crippen LogP contribution in [0.15, 0.2) is 20.7 Å². The fraction of sp³-hybridized carbons (Fsp3) is 0. The minimum atomic E-state index is -0.764. The Morgan fingerprint density at radius 2 is 1.56 bits per heavy atom. The Morgan fingerprint density at radius 3 is 1.78 bits per heavy atom. The molecule has 0 aromatic carbocycles. The van der Waals surface area contributed by atoms with Crippen molar-refractivity contribution in [2.24, 2.45) is 20.7 Å². The van der Waals surface area contributed by atoms with Gasteiger partial charge >= 0.3 is 57.3 Å². The van der Waals surface area contributed by atoms with Gasteiger partial charge in [-0.2, -0.15) is 0 Å². The molecule has 0 atom stereocenters. The van der Waals surface area contributed by atoms with Crippen LogP contribution in [0.2, 0.25) is 0 Å². The third-order valence-electron chi connectivity index (χ3n) is 0.472. The van der Waals surface area contributed by atoms with E-state index in [1.165, 1.54) is 0 Å². The summed E-state index contributed by atoms with van der Waals surface area (Å²) in [6, 6.07) is 0. The van der Waals surface area contributed by atoms with Crippen molar-refractivity contribution >= 4 is 5.96 Å². The summed E-state index contributed by atoms with van der Waals surface area (Å²) in [7, 11) is 0. The Kier molecular flexibility index (Phi) is 4.06. The van der Waals surface area contributed by atoms with Gasteiger partial charge in [-0.1, -0.05) is 0 Å². The molecule has 1 rings (SSSR count). The van der Waals surface area contributed by atoms with Gasteiger partial charge in [0, 0.05) is 0 Å². The average Bonchev–Trinajstić information content (AvgIpc) is 2.12. The van der Waals surface area contributed by atoms with E-state index in [4.69, 9.17) is 0 Å². The van der Waals surface area contributed by atoms with Crippen LogP contribution in [-0.2, 0) is 0 Å². The molecule has 0 aromatic rings. The van der Waals surface area contributed by atoms with E-state index < -0.39 is 10.9 Å². The SMILES string of the molecule is [K+].[O-][N+]([O-])=C1N=NN=N1. The molecule has 1 heterocycles. The van der Waals surface area contributed by atoms with E-state index in [2.05, 4.69) is 20.7 Å². The van der Waals surface area contributed by atoms with Crippen LogP contribution in [0.1, 0.15) is 0 Å². The normalized spacial score (nSPS) is 13.6. The Labute approximate surface area is 92.1 Å². The van der Waals surface area contributed by atoms with Crippen molar-refractivity contribution < 1.29 is 56.3 Å². The molecule has 0 aliphatic carbocycles. The monoisotopic (exact) mass is 153 g/mol. The number of guanidine groups is 1. The molecule has 0 saturated heterocycles. The van der Waals surface area contributed by atoms with E-state index in [9.17, 15) is 10.4 Å². The van der Waals surface area contributed by atoms with E-state index in [0.29, 0.717) is 0 Å². The molecule has 7 nitrogen and oxygen atoms in total. The Morgan fingerprint density at radius 1 is 1.11 bits per heavy atom. The summed E-state index contributed by atoms with van der Waals surface area (Å²) in [5, 5.41) is 31.0. The summed E-state index contributed by atoms with van der Waals surface area (Å²) in [4.78, 5) is -0.764. The molecular formula is CKN5O2. The first-order valence-corrected chi connectivity index (χ1v) is 1.64. The molecule has 9 heavy (non-hydrogen) atoms. The van der Waals surface area contributed by atoms with Crippen molar-refractivity contribution in [2.75, 3.05) is 0 Å². The molecule has 0 unspecified atom stereocenters. The largest absolute Gasteiger partial charge is 1.00 e. The second-order valence-electron chi connectivity index (χ2n) is 0.936. The van der Waals surface area contributed by atoms with E-state index in [1.807, 2.05) is 0 Å². The maximum Gasteiger partial charge on any atom is 1.00 e. The second-order valence-corrected chi connectivity index (χ2v) is 0.936. The summed E-state index contributed by atoms with van der Waals surface area (Å²) >= 11 is 0. The molecule has 8 heteroatoms. The molecule has 0 amide bonds. The van der Waals surface area contributed by atoms with Crippen LogP contribution in [0.3, 0.4) is 0 Å². The van der Waals surface area contributed by atoms with Gasteiger partial charge in [-0.15, -0.1) is 0 Å². The van der Waals surface area contributed by atoms with E-state index in [1.54, 1.807) is 0 Å². The van der Waals surface area contributed by atoms with Gasteiger partial charge in [0.15, 0.2) is 0 Å². The van der Waals surface area contributed by atoms with Gasteiger partial charge in [-0.25, -0.2) is 0 Å². The zero-order valence-corrected chi connectivity index (χ0v) is 7.68. The van der Waals surface area contributed by atoms with Gasteiger partial charge in [-0.05, 0) is 0 Å². The fourth-order valence-corrected chi connectivity index (χ4v) is 0.213. The molecule has 1 aliphatic heterocycles. The molecule has 0 saturated carbocycles. The van der Waals surface area contributed by atoms with Crippen LogP contribution < -0.4 is 51.4 Å². The van der Waals surface area contributed by atoms with Crippen molar-refractivity contribution in [2.45, 2.75) is 0 Å². The summed E-state index contributed by atoms with van der Waals surface area (Å²) in [6.45, 7) is 0. The van der Waals surface area contributed by atoms with Gasteiger partial charge in [0.05, 0.1) is 20.7 Å². The van der Waals surface area contributed by atoms with Gasteiger partial charge in [-0.3, -0.25) is 4.90 Å². The Balaban J connectivity index is 0.000000640. The quantitative estimate of drug-likeness (QED) is 0.213. The minimum Gasteiger partial charge on any atom is -0.744 e. The van der Waals surface area contributed by atoms with E-state index in [-0.39, 0.29) is 51.4 Å². The Bertz CT molecular complexity index is 165. The van der Waals surface area contributed by atoms with Crippen LogP contribution in [0.4, 0.5) is 0 Å². The molecule has 0 spiro atoms. The first-order valence-electron chi connectivity index (χ1n) is 1.64. The molecule has 0 bridgehead atoms. The zero-order chi connectivity index (χ0) is 5.98. The van der Waals surface area contributed by atoms with Crippen LogP contribution in [0.25, 0.3) is 0 Å². The number of hydrogen-bond acceptors (Lipinski definition) is 4. The summed E-state index contributed by atoms with van der Waals surface area (Å²) in [5.41, 5.74) is 0. The van der Waals surface area contributed by atoms with Crippen molar-refractivity contribution in [3.63, 3.8) is 0 Å². The summed E-state index contributed by atoms with van der Waals surface area (Å²) in [6.07, 6.45) is 0. The van der Waals surface area contributed by atoms with Crippen LogP contribution in [0, 0.1) is 10.4 Å². The Hall–Kier alpha value is 0.106. The van der Waals surface area contributed by atoms with Gasteiger partial charge in [0.25, 0.3) is 0 Å². The smallest absolute Gasteiger partial charge is 0.744 e. The van der Waals surface area contributed by atoms with Gasteiger partial charge in [0.1, 0.15) is 0 Å². The van der Waals surface area contributed by atoms with Gasteiger partial charge in [0.2, 0.25) is 0 Å². The number of rotatable bonds is 0. The second kappa shape index (κ2) is 4.01. The van der Waals surface area contributed by atoms with Crippen molar-refractivity contribution in [1.29, 1.82) is 0 Å². The first-order chi connectivity index (χ1) is 3.80. The fourth-order valence-electron chi connectivity index (χ4n) is 0.213. The third-order valence-corrected chi connectivity index (χ3v) is 0.472. The minimum absolute atomic E-state index is 0. The number of hydrogen-bond donors (Lipinski definition) is 0. The molecule has 0 N–H and O–H groups in total. The van der Waals surface area contributed by atoms with Crippen molar-refractivity contribution in [1.82, 2.24) is 0 Å². The van der Waals surface area contributed by atoms with Crippen LogP contribution in [-0.4, -0.2) is 10.9 Å². The third kappa shape index (κ3) is 2.45.